The van der Waals surface area contributed by atoms with Crippen molar-refractivity contribution in [2.75, 3.05) is 33.4 Å². The lowest BCUT2D eigenvalue weighted by Crippen LogP contribution is -2.43. The molecule has 4 nitrogen and oxygen atoms in total. The van der Waals surface area contributed by atoms with Crippen LogP contribution in [0.5, 0.6) is 0 Å². The Morgan fingerprint density at radius 2 is 1.96 bits per heavy atom. The minimum atomic E-state index is -0.215. The number of rotatable bonds is 1. The van der Waals surface area contributed by atoms with Crippen LogP contribution in [0.1, 0.15) is 35.6 Å². The molecule has 1 atom stereocenters. The summed E-state index contributed by atoms with van der Waals surface area (Å²) in [5.41, 5.74) is 3.44. The first-order valence-corrected chi connectivity index (χ1v) is 9.68. The van der Waals surface area contributed by atoms with Crippen molar-refractivity contribution >= 4 is 6.02 Å². The van der Waals surface area contributed by atoms with Crippen molar-refractivity contribution in [3.63, 3.8) is 0 Å². The number of hydrogen-bond donors (Lipinski definition) is 0. The highest BCUT2D eigenvalue weighted by molar-refractivity contribution is 5.75. The second-order valence-corrected chi connectivity index (χ2v) is 7.32. The minimum Gasteiger partial charge on any atom is -0.449 e. The molecule has 0 amide bonds. The van der Waals surface area contributed by atoms with E-state index in [0.717, 1.165) is 44.5 Å². The molecule has 2 aliphatic rings. The standard InChI is InChI=1S/C22H26FN3O/c1-25-13-5-4-12-24-22(27-16-25)26-14-11-17-7-2-3-10-20(17)21(26)18-8-6-9-19(23)15-18/h2-3,6-10,15,21H,4-5,11-14,16H2,1H3/b24-22-/t21-/m0/s1. The molecule has 0 N–H and O–H groups in total. The van der Waals surface area contributed by atoms with Crippen molar-refractivity contribution in [1.82, 2.24) is 9.80 Å². The molecule has 0 aliphatic carbocycles. The zero-order valence-electron chi connectivity index (χ0n) is 15.8. The maximum atomic E-state index is 14.0. The van der Waals surface area contributed by atoms with E-state index < -0.39 is 0 Å². The zero-order valence-corrected chi connectivity index (χ0v) is 15.8. The number of amidine groups is 1. The molecule has 0 radical (unpaired) electrons. The second kappa shape index (κ2) is 8.09. The van der Waals surface area contributed by atoms with Gasteiger partial charge in [0.15, 0.2) is 0 Å². The normalized spacial score (nSPS) is 23.3. The fraction of sp³-hybridized carbons (Fsp3) is 0.409. The Labute approximate surface area is 160 Å². The van der Waals surface area contributed by atoms with E-state index in [1.165, 1.54) is 17.2 Å². The van der Waals surface area contributed by atoms with E-state index in [1.54, 1.807) is 12.1 Å². The van der Waals surface area contributed by atoms with Crippen LogP contribution in [0.4, 0.5) is 4.39 Å². The van der Waals surface area contributed by atoms with Gasteiger partial charge in [-0.05, 0) is 55.1 Å². The Morgan fingerprint density at radius 3 is 2.85 bits per heavy atom. The molecule has 0 spiro atoms. The first-order valence-electron chi connectivity index (χ1n) is 9.68. The van der Waals surface area contributed by atoms with Gasteiger partial charge in [-0.3, -0.25) is 4.90 Å². The lowest BCUT2D eigenvalue weighted by atomic mass is 9.88. The molecule has 0 saturated heterocycles. The summed E-state index contributed by atoms with van der Waals surface area (Å²) in [7, 11) is 2.07. The molecule has 2 heterocycles. The van der Waals surface area contributed by atoms with Gasteiger partial charge in [-0.15, -0.1) is 0 Å². The van der Waals surface area contributed by atoms with E-state index in [4.69, 9.17) is 9.73 Å². The van der Waals surface area contributed by atoms with Crippen molar-refractivity contribution in [2.45, 2.75) is 25.3 Å². The van der Waals surface area contributed by atoms with Crippen LogP contribution in [-0.2, 0) is 11.2 Å². The number of hydrogen-bond acceptors (Lipinski definition) is 4. The summed E-state index contributed by atoms with van der Waals surface area (Å²) in [6, 6.07) is 15.9. The topological polar surface area (TPSA) is 28.1 Å². The van der Waals surface area contributed by atoms with Gasteiger partial charge < -0.3 is 9.64 Å². The van der Waals surface area contributed by atoms with Gasteiger partial charge in [0.05, 0.1) is 6.04 Å². The molecule has 2 aromatic rings. The lowest BCUT2D eigenvalue weighted by molar-refractivity contribution is 0.112. The summed E-state index contributed by atoms with van der Waals surface area (Å²) in [4.78, 5) is 9.15. The van der Waals surface area contributed by atoms with Gasteiger partial charge in [0, 0.05) is 19.6 Å². The molecule has 0 fully saturated rings. The molecule has 2 aromatic carbocycles. The van der Waals surface area contributed by atoms with Crippen molar-refractivity contribution in [3.05, 3.63) is 71.0 Å². The summed E-state index contributed by atoms with van der Waals surface area (Å²) in [5.74, 6) is -0.215. The lowest BCUT2D eigenvalue weighted by Gasteiger charge is -2.39. The smallest absolute Gasteiger partial charge is 0.289 e. The number of halogens is 1. The van der Waals surface area contributed by atoms with Crippen LogP contribution in [0, 0.1) is 5.82 Å². The van der Waals surface area contributed by atoms with Crippen molar-refractivity contribution in [2.24, 2.45) is 4.99 Å². The Balaban J connectivity index is 1.74. The van der Waals surface area contributed by atoms with Crippen LogP contribution in [0.3, 0.4) is 0 Å². The van der Waals surface area contributed by atoms with Gasteiger partial charge in [-0.1, -0.05) is 36.4 Å². The van der Waals surface area contributed by atoms with Crippen LogP contribution in [-0.4, -0.2) is 49.2 Å². The zero-order chi connectivity index (χ0) is 18.6. The summed E-state index contributed by atoms with van der Waals surface area (Å²) >= 11 is 0. The third kappa shape index (κ3) is 3.98. The number of fused-ring (bicyclic) bond motifs is 1. The average molecular weight is 367 g/mol. The SMILES string of the molecule is CN1CCCC/N=C(/N2CCc3ccccc3[C@@H]2c2cccc(F)c2)OC1. The largest absolute Gasteiger partial charge is 0.449 e. The second-order valence-electron chi connectivity index (χ2n) is 7.32. The molecule has 0 bridgehead atoms. The Morgan fingerprint density at radius 1 is 1.07 bits per heavy atom. The molecule has 142 valence electrons. The van der Waals surface area contributed by atoms with E-state index in [9.17, 15) is 4.39 Å². The molecular weight excluding hydrogens is 341 g/mol. The molecule has 4 rings (SSSR count). The summed E-state index contributed by atoms with van der Waals surface area (Å²) in [6.07, 6.45) is 3.10. The van der Waals surface area contributed by atoms with Crippen LogP contribution >= 0.6 is 0 Å². The molecule has 27 heavy (non-hydrogen) atoms. The van der Waals surface area contributed by atoms with Crippen molar-refractivity contribution < 1.29 is 9.13 Å². The Hall–Kier alpha value is -2.40. The van der Waals surface area contributed by atoms with Gasteiger partial charge in [0.2, 0.25) is 0 Å². The molecule has 0 saturated carbocycles. The summed E-state index contributed by atoms with van der Waals surface area (Å²) in [6.45, 7) is 3.10. The third-order valence-electron chi connectivity index (χ3n) is 5.30. The van der Waals surface area contributed by atoms with E-state index in [0.29, 0.717) is 12.8 Å². The van der Waals surface area contributed by atoms with E-state index in [-0.39, 0.29) is 11.9 Å². The maximum absolute atomic E-state index is 14.0. The van der Waals surface area contributed by atoms with E-state index in [1.807, 2.05) is 12.1 Å². The maximum Gasteiger partial charge on any atom is 0.289 e. The number of ether oxygens (including phenoxy) is 1. The van der Waals surface area contributed by atoms with E-state index >= 15 is 0 Å². The monoisotopic (exact) mass is 367 g/mol. The van der Waals surface area contributed by atoms with Crippen molar-refractivity contribution in [3.8, 4) is 0 Å². The minimum absolute atomic E-state index is 0.0875. The van der Waals surface area contributed by atoms with E-state index in [2.05, 4.69) is 35.0 Å². The summed E-state index contributed by atoms with van der Waals surface area (Å²) in [5, 5.41) is 0. The highest BCUT2D eigenvalue weighted by Crippen LogP contribution is 2.35. The van der Waals surface area contributed by atoms with Crippen molar-refractivity contribution in [1.29, 1.82) is 0 Å². The fourth-order valence-corrected chi connectivity index (χ4v) is 3.93. The van der Waals surface area contributed by atoms with Crippen LogP contribution in [0.25, 0.3) is 0 Å². The van der Waals surface area contributed by atoms with Gasteiger partial charge in [-0.25, -0.2) is 9.38 Å². The molecule has 5 heteroatoms. The predicted molar refractivity (Wildman–Crippen MR) is 105 cm³/mol. The third-order valence-corrected chi connectivity index (χ3v) is 5.30. The van der Waals surface area contributed by atoms with Crippen LogP contribution in [0.15, 0.2) is 53.5 Å². The highest BCUT2D eigenvalue weighted by atomic mass is 19.1. The molecule has 0 unspecified atom stereocenters. The van der Waals surface area contributed by atoms with Crippen LogP contribution in [0.2, 0.25) is 0 Å². The molecule has 2 aliphatic heterocycles. The first kappa shape index (κ1) is 18.0. The van der Waals surface area contributed by atoms with Gasteiger partial charge >= 0.3 is 0 Å². The average Bonchev–Trinajstić information content (AvgIpc) is 2.79. The van der Waals surface area contributed by atoms with Crippen LogP contribution < -0.4 is 0 Å². The van der Waals surface area contributed by atoms with Gasteiger partial charge in [-0.2, -0.15) is 0 Å². The number of aliphatic imine (C=N–C) groups is 1. The molecular formula is C22H26FN3O. The highest BCUT2D eigenvalue weighted by Gasteiger charge is 2.32. The number of nitrogens with zero attached hydrogens (tertiary/aromatic N) is 3. The fourth-order valence-electron chi connectivity index (χ4n) is 3.93. The number of benzene rings is 2. The quantitative estimate of drug-likeness (QED) is 0.767. The summed E-state index contributed by atoms with van der Waals surface area (Å²) < 4.78 is 20.1. The van der Waals surface area contributed by atoms with Gasteiger partial charge in [0.25, 0.3) is 6.02 Å². The first-order chi connectivity index (χ1) is 13.2. The predicted octanol–water partition coefficient (Wildman–Crippen LogP) is 3.83. The molecule has 0 aromatic heterocycles. The Kier molecular flexibility index (Phi) is 5.39. The Bertz CT molecular complexity index is 823. The van der Waals surface area contributed by atoms with Gasteiger partial charge in [0.1, 0.15) is 12.5 Å².